The SMILES string of the molecule is CC[C@@H](C)c1nc2ccc(Br)cc2c(=O)n1N=Cc1cc(Cl)cc(OC)c1O[C@@H](C)C(=O)OC. The molecule has 3 rings (SSSR count). The molecule has 0 aliphatic heterocycles. The van der Waals surface area contributed by atoms with E-state index in [1.807, 2.05) is 19.9 Å². The van der Waals surface area contributed by atoms with Gasteiger partial charge in [0.05, 0.1) is 31.3 Å². The number of aromatic nitrogens is 2. The van der Waals surface area contributed by atoms with Crippen LogP contribution in [0, 0.1) is 0 Å². The van der Waals surface area contributed by atoms with Crippen molar-refractivity contribution in [3.8, 4) is 11.5 Å². The Hall–Kier alpha value is -2.91. The molecule has 0 unspecified atom stereocenters. The van der Waals surface area contributed by atoms with E-state index in [1.165, 1.54) is 25.1 Å². The van der Waals surface area contributed by atoms with E-state index in [-0.39, 0.29) is 17.2 Å². The topological polar surface area (TPSA) is 92.0 Å². The highest BCUT2D eigenvalue weighted by molar-refractivity contribution is 9.10. The summed E-state index contributed by atoms with van der Waals surface area (Å²) in [5.74, 6) is 0.488. The number of halogens is 2. The van der Waals surface area contributed by atoms with E-state index >= 15 is 0 Å². The Bertz CT molecular complexity index is 1310. The molecule has 8 nitrogen and oxygen atoms in total. The third-order valence-corrected chi connectivity index (χ3v) is 6.01. The lowest BCUT2D eigenvalue weighted by atomic mass is 10.1. The second-order valence-electron chi connectivity index (χ2n) is 7.61. The van der Waals surface area contributed by atoms with Gasteiger partial charge in [-0.05, 0) is 37.6 Å². The minimum Gasteiger partial charge on any atom is -0.493 e. The van der Waals surface area contributed by atoms with E-state index in [1.54, 1.807) is 31.2 Å². The Labute approximate surface area is 210 Å². The zero-order valence-electron chi connectivity index (χ0n) is 19.5. The monoisotopic (exact) mass is 549 g/mol. The third kappa shape index (κ3) is 5.42. The van der Waals surface area contributed by atoms with Crippen LogP contribution in [0.3, 0.4) is 0 Å². The summed E-state index contributed by atoms with van der Waals surface area (Å²) in [5.41, 5.74) is 0.698. The number of nitrogens with zero attached hydrogens (tertiary/aromatic N) is 3. The molecule has 0 aliphatic carbocycles. The van der Waals surface area contributed by atoms with E-state index in [4.69, 9.17) is 30.8 Å². The minimum atomic E-state index is -0.912. The highest BCUT2D eigenvalue weighted by Gasteiger charge is 2.21. The molecule has 10 heteroatoms. The molecular weight excluding hydrogens is 526 g/mol. The summed E-state index contributed by atoms with van der Waals surface area (Å²) in [5, 5.41) is 5.26. The molecule has 0 amide bonds. The van der Waals surface area contributed by atoms with Gasteiger partial charge in [-0.1, -0.05) is 41.4 Å². The van der Waals surface area contributed by atoms with Crippen LogP contribution in [0.2, 0.25) is 5.02 Å². The van der Waals surface area contributed by atoms with Gasteiger partial charge in [-0.2, -0.15) is 9.78 Å². The summed E-state index contributed by atoms with van der Waals surface area (Å²) in [6.07, 6.45) is 1.29. The first-order chi connectivity index (χ1) is 16.2. The van der Waals surface area contributed by atoms with Gasteiger partial charge in [0.1, 0.15) is 5.82 Å². The highest BCUT2D eigenvalue weighted by Crippen LogP contribution is 2.35. The number of hydrogen-bond acceptors (Lipinski definition) is 7. The number of rotatable bonds is 8. The van der Waals surface area contributed by atoms with Crippen molar-refractivity contribution in [2.75, 3.05) is 14.2 Å². The van der Waals surface area contributed by atoms with Crippen molar-refractivity contribution in [2.24, 2.45) is 5.10 Å². The van der Waals surface area contributed by atoms with Crippen molar-refractivity contribution in [3.63, 3.8) is 0 Å². The molecule has 0 N–H and O–H groups in total. The van der Waals surface area contributed by atoms with Crippen molar-refractivity contribution in [2.45, 2.75) is 39.2 Å². The zero-order chi connectivity index (χ0) is 25.0. The molecule has 180 valence electrons. The molecule has 3 aromatic rings. The van der Waals surface area contributed by atoms with Gasteiger partial charge in [-0.25, -0.2) is 9.78 Å². The normalized spacial score (nSPS) is 13.1. The first kappa shape index (κ1) is 25.7. The van der Waals surface area contributed by atoms with E-state index in [0.717, 1.165) is 10.9 Å². The summed E-state index contributed by atoms with van der Waals surface area (Å²) < 4.78 is 18.0. The quantitative estimate of drug-likeness (QED) is 0.284. The van der Waals surface area contributed by atoms with E-state index in [0.29, 0.717) is 33.1 Å². The van der Waals surface area contributed by atoms with Gasteiger partial charge in [0, 0.05) is 27.0 Å². The Kier molecular flexibility index (Phi) is 8.33. The number of benzene rings is 2. The molecule has 1 heterocycles. The molecule has 0 aliphatic rings. The lowest BCUT2D eigenvalue weighted by Crippen LogP contribution is -2.26. The van der Waals surface area contributed by atoms with Gasteiger partial charge >= 0.3 is 5.97 Å². The molecule has 34 heavy (non-hydrogen) atoms. The Morgan fingerprint density at radius 3 is 2.65 bits per heavy atom. The smallest absolute Gasteiger partial charge is 0.346 e. The summed E-state index contributed by atoms with van der Waals surface area (Å²) >= 11 is 9.67. The fourth-order valence-electron chi connectivity index (χ4n) is 3.25. The van der Waals surface area contributed by atoms with E-state index < -0.39 is 12.1 Å². The number of fused-ring (bicyclic) bond motifs is 1. The fourth-order valence-corrected chi connectivity index (χ4v) is 3.83. The predicted molar refractivity (Wildman–Crippen MR) is 136 cm³/mol. The first-order valence-electron chi connectivity index (χ1n) is 10.6. The highest BCUT2D eigenvalue weighted by atomic mass is 79.9. The van der Waals surface area contributed by atoms with Crippen LogP contribution in [-0.4, -0.2) is 42.2 Å². The van der Waals surface area contributed by atoms with Gasteiger partial charge in [0.25, 0.3) is 5.56 Å². The second-order valence-corrected chi connectivity index (χ2v) is 8.96. The summed E-state index contributed by atoms with van der Waals surface area (Å²) in [6, 6.07) is 8.51. The van der Waals surface area contributed by atoms with Crippen LogP contribution in [-0.2, 0) is 9.53 Å². The Morgan fingerprint density at radius 1 is 1.26 bits per heavy atom. The van der Waals surface area contributed by atoms with Gasteiger partial charge in [-0.15, -0.1) is 0 Å². The standard InChI is InChI=1S/C24H25BrClN3O5/c1-6-13(2)22-28-19-8-7-16(25)10-18(19)23(30)29(22)27-12-15-9-17(26)11-20(32-4)21(15)34-14(3)24(31)33-5/h7-14H,6H2,1-5H3/t13-,14+/m1/s1. The molecule has 1 aromatic heterocycles. The molecule has 2 atom stereocenters. The van der Waals surface area contributed by atoms with Crippen LogP contribution in [0.15, 0.2) is 44.7 Å². The number of carbonyl (C=O) groups is 1. The maximum Gasteiger partial charge on any atom is 0.346 e. The van der Waals surface area contributed by atoms with Crippen molar-refractivity contribution < 1.29 is 19.0 Å². The number of esters is 1. The van der Waals surface area contributed by atoms with Crippen molar-refractivity contribution in [1.29, 1.82) is 0 Å². The average Bonchev–Trinajstić information content (AvgIpc) is 2.83. The van der Waals surface area contributed by atoms with Crippen molar-refractivity contribution in [3.05, 3.63) is 61.6 Å². The van der Waals surface area contributed by atoms with Crippen molar-refractivity contribution >= 4 is 50.6 Å². The van der Waals surface area contributed by atoms with Crippen LogP contribution < -0.4 is 15.0 Å². The maximum atomic E-state index is 13.4. The number of carbonyl (C=O) groups excluding carboxylic acids is 1. The van der Waals surface area contributed by atoms with Crippen LogP contribution in [0.25, 0.3) is 10.9 Å². The zero-order valence-corrected chi connectivity index (χ0v) is 21.8. The summed E-state index contributed by atoms with van der Waals surface area (Å²) in [6.45, 7) is 5.55. The average molecular weight is 551 g/mol. The van der Waals surface area contributed by atoms with Crippen LogP contribution in [0.4, 0.5) is 0 Å². The van der Waals surface area contributed by atoms with Gasteiger partial charge in [-0.3, -0.25) is 4.79 Å². The molecular formula is C24H25BrClN3O5. The first-order valence-corrected chi connectivity index (χ1v) is 11.8. The van der Waals surface area contributed by atoms with Crippen LogP contribution in [0.1, 0.15) is 44.5 Å². The number of hydrogen-bond donors (Lipinski definition) is 0. The molecule has 0 bridgehead atoms. The molecule has 0 radical (unpaired) electrons. The molecule has 2 aromatic carbocycles. The lowest BCUT2D eigenvalue weighted by Gasteiger charge is -2.18. The predicted octanol–water partition coefficient (Wildman–Crippen LogP) is 5.16. The fraction of sp³-hybridized carbons (Fsp3) is 0.333. The van der Waals surface area contributed by atoms with Crippen LogP contribution in [0.5, 0.6) is 11.5 Å². The molecule has 0 saturated heterocycles. The number of methoxy groups -OCH3 is 2. The third-order valence-electron chi connectivity index (χ3n) is 5.29. The molecule has 0 saturated carbocycles. The minimum absolute atomic E-state index is 0.0261. The van der Waals surface area contributed by atoms with Gasteiger partial charge in [0.2, 0.25) is 0 Å². The van der Waals surface area contributed by atoms with Gasteiger partial charge in [0.15, 0.2) is 17.6 Å². The van der Waals surface area contributed by atoms with E-state index in [9.17, 15) is 9.59 Å². The Balaban J connectivity index is 2.19. The maximum absolute atomic E-state index is 13.4. The molecule has 0 fully saturated rings. The van der Waals surface area contributed by atoms with E-state index in [2.05, 4.69) is 21.0 Å². The summed E-state index contributed by atoms with van der Waals surface area (Å²) in [4.78, 5) is 30.0. The largest absolute Gasteiger partial charge is 0.493 e. The lowest BCUT2D eigenvalue weighted by molar-refractivity contribution is -0.147. The van der Waals surface area contributed by atoms with Crippen molar-refractivity contribution in [1.82, 2.24) is 9.66 Å². The van der Waals surface area contributed by atoms with Gasteiger partial charge < -0.3 is 14.2 Å². The molecule has 0 spiro atoms. The summed E-state index contributed by atoms with van der Waals surface area (Å²) in [7, 11) is 2.73. The van der Waals surface area contributed by atoms with Crippen LogP contribution >= 0.6 is 27.5 Å². The second kappa shape index (κ2) is 11.0. The number of ether oxygens (including phenoxy) is 3. The Morgan fingerprint density at radius 2 is 2.00 bits per heavy atom.